The van der Waals surface area contributed by atoms with Crippen molar-refractivity contribution in [3.05, 3.63) is 81.9 Å². The summed E-state index contributed by atoms with van der Waals surface area (Å²) in [6.45, 7) is 2.64. The molecule has 0 aliphatic carbocycles. The lowest BCUT2D eigenvalue weighted by Crippen LogP contribution is -2.22. The van der Waals surface area contributed by atoms with E-state index in [1.54, 1.807) is 25.1 Å². The number of aliphatic hydroxyl groups is 1. The first-order valence-electron chi connectivity index (χ1n) is 12.0. The molecule has 8 nitrogen and oxygen atoms in total. The molecule has 3 aromatic carbocycles. The number of hydrogen-bond donors (Lipinski definition) is 4. The standard InChI is InChI=1S/C27H23ClF3N5O3.ClH/c1-14-20(28)7-4-8-21(14)33-25(39)18-11-15(32-24(38)17-5-2-3-6-19(17)27(29,30)31)12-22-23(18)35-26(34-22)36-10-9-16(37)13-36;/h2-8,11-12,16,37H,9-10,13H2,1H3,(H,32,38)(H,33,39)(H,34,35);1H/t16-;/m0./s1. The van der Waals surface area contributed by atoms with E-state index in [9.17, 15) is 27.9 Å². The number of aliphatic hydroxyl groups excluding tert-OH is 1. The van der Waals surface area contributed by atoms with E-state index in [0.717, 1.165) is 12.1 Å². The summed E-state index contributed by atoms with van der Waals surface area (Å²) in [4.78, 5) is 35.9. The van der Waals surface area contributed by atoms with Gasteiger partial charge in [-0.1, -0.05) is 29.8 Å². The van der Waals surface area contributed by atoms with Crippen LogP contribution in [0.1, 0.15) is 38.3 Å². The zero-order valence-corrected chi connectivity index (χ0v) is 22.5. The van der Waals surface area contributed by atoms with Crippen LogP contribution in [-0.4, -0.2) is 46.1 Å². The average molecular weight is 594 g/mol. The predicted octanol–water partition coefficient (Wildman–Crippen LogP) is 6.04. The van der Waals surface area contributed by atoms with E-state index in [2.05, 4.69) is 20.6 Å². The molecule has 4 aromatic rings. The highest BCUT2D eigenvalue weighted by Crippen LogP contribution is 2.33. The molecular weight excluding hydrogens is 570 g/mol. The molecule has 13 heteroatoms. The molecule has 1 atom stereocenters. The molecule has 0 bridgehead atoms. The van der Waals surface area contributed by atoms with Crippen molar-refractivity contribution in [2.45, 2.75) is 25.6 Å². The molecule has 0 unspecified atom stereocenters. The van der Waals surface area contributed by atoms with Gasteiger partial charge < -0.3 is 25.6 Å². The number of hydrogen-bond acceptors (Lipinski definition) is 5. The number of β-amino-alcohol motifs (C(OH)–C–C–N with tert-alkyl or cyclic N) is 1. The minimum atomic E-state index is -4.73. The number of halogens is 5. The minimum Gasteiger partial charge on any atom is -0.391 e. The zero-order chi connectivity index (χ0) is 27.9. The monoisotopic (exact) mass is 593 g/mol. The molecule has 0 radical (unpaired) electrons. The molecule has 1 saturated heterocycles. The molecule has 1 aromatic heterocycles. The Bertz CT molecular complexity index is 1590. The fourth-order valence-electron chi connectivity index (χ4n) is 4.49. The Morgan fingerprint density at radius 2 is 1.80 bits per heavy atom. The van der Waals surface area contributed by atoms with Crippen LogP contribution in [0.3, 0.4) is 0 Å². The highest BCUT2D eigenvalue weighted by Gasteiger charge is 2.35. The van der Waals surface area contributed by atoms with Crippen LogP contribution < -0.4 is 15.5 Å². The van der Waals surface area contributed by atoms with E-state index in [-0.39, 0.29) is 29.2 Å². The van der Waals surface area contributed by atoms with Gasteiger partial charge in [-0.15, -0.1) is 12.4 Å². The van der Waals surface area contributed by atoms with Crippen LogP contribution in [0.25, 0.3) is 11.0 Å². The van der Waals surface area contributed by atoms with Gasteiger partial charge in [0.05, 0.1) is 28.3 Å². The van der Waals surface area contributed by atoms with Crippen molar-refractivity contribution in [2.75, 3.05) is 28.6 Å². The van der Waals surface area contributed by atoms with Crippen LogP contribution in [0.2, 0.25) is 5.02 Å². The van der Waals surface area contributed by atoms with Crippen molar-refractivity contribution < 1.29 is 27.9 Å². The Labute approximate surface area is 237 Å². The number of amides is 2. The normalized spacial score (nSPS) is 15.2. The highest BCUT2D eigenvalue weighted by molar-refractivity contribution is 6.31. The van der Waals surface area contributed by atoms with Gasteiger partial charge in [0, 0.05) is 29.5 Å². The van der Waals surface area contributed by atoms with E-state index in [1.807, 2.05) is 4.90 Å². The molecule has 1 aliphatic rings. The maximum Gasteiger partial charge on any atom is 0.417 e. The summed E-state index contributed by atoms with van der Waals surface area (Å²) < 4.78 is 40.5. The average Bonchev–Trinajstić information content (AvgIpc) is 3.52. The number of H-pyrrole nitrogens is 1. The summed E-state index contributed by atoms with van der Waals surface area (Å²) in [5, 5.41) is 15.7. The van der Waals surface area contributed by atoms with Crippen LogP contribution in [0.5, 0.6) is 0 Å². The maximum atomic E-state index is 13.5. The lowest BCUT2D eigenvalue weighted by Gasteiger charge is -2.14. The Kier molecular flexibility index (Phi) is 8.29. The molecule has 4 N–H and O–H groups in total. The van der Waals surface area contributed by atoms with Crippen molar-refractivity contribution in [2.24, 2.45) is 0 Å². The molecule has 2 amide bonds. The smallest absolute Gasteiger partial charge is 0.391 e. The van der Waals surface area contributed by atoms with Gasteiger partial charge in [0.25, 0.3) is 11.8 Å². The number of carbonyl (C=O) groups excluding carboxylic acids is 2. The largest absolute Gasteiger partial charge is 0.417 e. The van der Waals surface area contributed by atoms with Gasteiger partial charge in [0.2, 0.25) is 5.95 Å². The quantitative estimate of drug-likeness (QED) is 0.225. The molecule has 0 saturated carbocycles. The SMILES string of the molecule is Cc1c(Cl)cccc1NC(=O)c1cc(NC(=O)c2ccccc2C(F)(F)F)cc2[nH]c(N3CC[C@H](O)C3)nc12.Cl. The Hall–Kier alpha value is -3.80. The summed E-state index contributed by atoms with van der Waals surface area (Å²) in [5.74, 6) is -1.13. The summed E-state index contributed by atoms with van der Waals surface area (Å²) in [6, 6.07) is 12.3. The minimum absolute atomic E-state index is 0. The maximum absolute atomic E-state index is 13.5. The van der Waals surface area contributed by atoms with Gasteiger partial charge in [-0.25, -0.2) is 4.98 Å². The number of fused-ring (bicyclic) bond motifs is 1. The molecular formula is C27H24Cl2F3N5O3. The first kappa shape index (κ1) is 29.2. The van der Waals surface area contributed by atoms with Gasteiger partial charge in [-0.2, -0.15) is 13.2 Å². The number of imidazole rings is 1. The zero-order valence-electron chi connectivity index (χ0n) is 21.0. The lowest BCUT2D eigenvalue weighted by atomic mass is 10.1. The molecule has 1 fully saturated rings. The van der Waals surface area contributed by atoms with E-state index < -0.39 is 35.2 Å². The Morgan fingerprint density at radius 3 is 2.50 bits per heavy atom. The van der Waals surface area contributed by atoms with Crippen LogP contribution in [-0.2, 0) is 6.18 Å². The number of alkyl halides is 3. The van der Waals surface area contributed by atoms with Crippen LogP contribution >= 0.6 is 24.0 Å². The number of aromatic amines is 1. The number of aromatic nitrogens is 2. The topological polar surface area (TPSA) is 110 Å². The van der Waals surface area contributed by atoms with Gasteiger partial charge in [-0.05, 0) is 55.3 Å². The van der Waals surface area contributed by atoms with Crippen LogP contribution in [0.4, 0.5) is 30.5 Å². The van der Waals surface area contributed by atoms with Gasteiger partial charge in [0.15, 0.2) is 0 Å². The van der Waals surface area contributed by atoms with Crippen molar-refractivity contribution >= 4 is 64.2 Å². The van der Waals surface area contributed by atoms with Gasteiger partial charge in [0.1, 0.15) is 5.52 Å². The van der Waals surface area contributed by atoms with Crippen molar-refractivity contribution in [3.8, 4) is 0 Å². The second kappa shape index (κ2) is 11.4. The number of carbonyl (C=O) groups is 2. The lowest BCUT2D eigenvalue weighted by molar-refractivity contribution is -0.137. The Balaban J connectivity index is 0.00000370. The molecule has 40 heavy (non-hydrogen) atoms. The molecule has 5 rings (SSSR count). The third kappa shape index (κ3) is 5.86. The summed E-state index contributed by atoms with van der Waals surface area (Å²) in [7, 11) is 0. The van der Waals surface area contributed by atoms with Gasteiger partial charge >= 0.3 is 6.18 Å². The molecule has 0 spiro atoms. The second-order valence-electron chi connectivity index (χ2n) is 9.23. The number of nitrogens with one attached hydrogen (secondary N) is 3. The third-order valence-corrected chi connectivity index (χ3v) is 6.94. The first-order valence-corrected chi connectivity index (χ1v) is 12.4. The number of benzene rings is 3. The highest BCUT2D eigenvalue weighted by atomic mass is 35.5. The number of rotatable bonds is 5. The predicted molar refractivity (Wildman–Crippen MR) is 150 cm³/mol. The van der Waals surface area contributed by atoms with Crippen LogP contribution in [0, 0.1) is 6.92 Å². The molecule has 1 aliphatic heterocycles. The number of nitrogens with zero attached hydrogens (tertiary/aromatic N) is 2. The summed E-state index contributed by atoms with van der Waals surface area (Å²) >= 11 is 6.19. The fraction of sp³-hybridized carbons (Fsp3) is 0.222. The molecule has 2 heterocycles. The number of anilines is 3. The fourth-order valence-corrected chi connectivity index (χ4v) is 4.67. The first-order chi connectivity index (χ1) is 18.5. The van der Waals surface area contributed by atoms with Crippen molar-refractivity contribution in [1.82, 2.24) is 9.97 Å². The van der Waals surface area contributed by atoms with Crippen LogP contribution in [0.15, 0.2) is 54.6 Å². The van der Waals surface area contributed by atoms with Gasteiger partial charge in [-0.3, -0.25) is 9.59 Å². The second-order valence-corrected chi connectivity index (χ2v) is 9.64. The van der Waals surface area contributed by atoms with Crippen molar-refractivity contribution in [1.29, 1.82) is 0 Å². The van der Waals surface area contributed by atoms with E-state index in [4.69, 9.17) is 11.6 Å². The van der Waals surface area contributed by atoms with E-state index in [0.29, 0.717) is 47.2 Å². The third-order valence-electron chi connectivity index (χ3n) is 6.53. The Morgan fingerprint density at radius 1 is 1.07 bits per heavy atom. The summed E-state index contributed by atoms with van der Waals surface area (Å²) in [5.41, 5.74) is 0.316. The van der Waals surface area contributed by atoms with E-state index >= 15 is 0 Å². The molecule has 210 valence electrons. The van der Waals surface area contributed by atoms with Crippen molar-refractivity contribution in [3.63, 3.8) is 0 Å². The summed E-state index contributed by atoms with van der Waals surface area (Å²) in [6.07, 6.45) is -4.69. The van der Waals surface area contributed by atoms with E-state index in [1.165, 1.54) is 24.3 Å².